The molecule has 0 N–H and O–H groups in total. The Labute approximate surface area is 169 Å². The summed E-state index contributed by atoms with van der Waals surface area (Å²) in [4.78, 5) is 25.0. The van der Waals surface area contributed by atoms with Crippen LogP contribution in [0.3, 0.4) is 0 Å². The zero-order valence-electron chi connectivity index (χ0n) is 16.4. The molecule has 154 valence electrons. The van der Waals surface area contributed by atoms with Gasteiger partial charge >= 0.3 is 0 Å². The Bertz CT molecular complexity index is 840. The lowest BCUT2D eigenvalue weighted by molar-refractivity contribution is -0.143. The molecule has 3 aliphatic heterocycles. The number of amides is 1. The number of carbonyl (C=O) groups is 1. The third kappa shape index (κ3) is 3.75. The molecule has 3 atom stereocenters. The van der Waals surface area contributed by atoms with Crippen LogP contribution in [0, 0.1) is 11.8 Å². The fourth-order valence-corrected chi connectivity index (χ4v) is 4.89. The summed E-state index contributed by atoms with van der Waals surface area (Å²) in [6.45, 7) is 3.17. The summed E-state index contributed by atoms with van der Waals surface area (Å²) in [7, 11) is 0. The van der Waals surface area contributed by atoms with Crippen molar-refractivity contribution in [3.8, 4) is 11.3 Å². The topological polar surface area (TPSA) is 80.0 Å². The van der Waals surface area contributed by atoms with Crippen molar-refractivity contribution in [3.05, 3.63) is 24.9 Å². The molecular formula is C20H26FN7O. The summed E-state index contributed by atoms with van der Waals surface area (Å²) < 4.78 is 16.3. The molecule has 0 saturated carbocycles. The molecule has 2 aromatic rings. The average Bonchev–Trinajstić information content (AvgIpc) is 3.34. The molecule has 3 unspecified atom stereocenters. The van der Waals surface area contributed by atoms with E-state index in [0.717, 1.165) is 25.1 Å². The molecular weight excluding hydrogens is 373 g/mol. The molecule has 2 aromatic heterocycles. The lowest BCUT2D eigenvalue weighted by Crippen LogP contribution is -2.55. The number of nitrogens with zero attached hydrogens (tertiary/aromatic N) is 7. The van der Waals surface area contributed by atoms with E-state index in [0.29, 0.717) is 24.8 Å². The van der Waals surface area contributed by atoms with Crippen LogP contribution in [-0.4, -0.2) is 79.1 Å². The van der Waals surface area contributed by atoms with Crippen molar-refractivity contribution < 1.29 is 9.18 Å². The van der Waals surface area contributed by atoms with Crippen molar-refractivity contribution in [1.82, 2.24) is 34.8 Å². The van der Waals surface area contributed by atoms with Crippen molar-refractivity contribution in [1.29, 1.82) is 0 Å². The molecule has 3 aliphatic rings. The summed E-state index contributed by atoms with van der Waals surface area (Å²) in [6, 6.07) is 0.584. The molecule has 29 heavy (non-hydrogen) atoms. The first kappa shape index (κ1) is 18.6. The molecule has 0 spiro atoms. The Morgan fingerprint density at radius 3 is 2.83 bits per heavy atom. The van der Waals surface area contributed by atoms with Crippen molar-refractivity contribution in [3.63, 3.8) is 0 Å². The first-order chi connectivity index (χ1) is 14.2. The zero-order chi connectivity index (χ0) is 19.8. The van der Waals surface area contributed by atoms with E-state index in [4.69, 9.17) is 0 Å². The van der Waals surface area contributed by atoms with Gasteiger partial charge in [0, 0.05) is 49.6 Å². The Balaban J connectivity index is 1.11. The minimum Gasteiger partial charge on any atom is -0.342 e. The predicted molar refractivity (Wildman–Crippen MR) is 103 cm³/mol. The quantitative estimate of drug-likeness (QED) is 0.756. The van der Waals surface area contributed by atoms with E-state index in [-0.39, 0.29) is 24.3 Å². The van der Waals surface area contributed by atoms with E-state index in [1.54, 1.807) is 18.6 Å². The number of halogens is 1. The van der Waals surface area contributed by atoms with Crippen LogP contribution in [0.5, 0.6) is 0 Å². The first-order valence-electron chi connectivity index (χ1n) is 10.5. The molecule has 3 saturated heterocycles. The highest BCUT2D eigenvalue weighted by atomic mass is 19.1. The summed E-state index contributed by atoms with van der Waals surface area (Å²) in [6.07, 6.45) is 10.1. The summed E-state index contributed by atoms with van der Waals surface area (Å²) in [5, 5.41) is 8.09. The predicted octanol–water partition coefficient (Wildman–Crippen LogP) is 1.41. The third-order valence-electron chi connectivity index (χ3n) is 6.60. The number of alkyl halides is 1. The van der Waals surface area contributed by atoms with Crippen LogP contribution in [0.25, 0.3) is 11.3 Å². The second kappa shape index (κ2) is 7.78. The molecule has 9 heteroatoms. The fraction of sp³-hybridized carbons (Fsp3) is 0.650. The SMILES string of the molecule is O=C(C1CC2CCCCN2C1)N1CC(C(F)Cn2cc(-c3cncnc3)nn2)C1. The van der Waals surface area contributed by atoms with E-state index in [2.05, 4.69) is 25.2 Å². The Kier molecular flexibility index (Phi) is 4.99. The number of likely N-dealkylation sites (tertiary alicyclic amines) is 1. The van der Waals surface area contributed by atoms with E-state index in [1.165, 1.54) is 30.3 Å². The number of fused-ring (bicyclic) bond motifs is 1. The van der Waals surface area contributed by atoms with Gasteiger partial charge in [-0.1, -0.05) is 11.6 Å². The Morgan fingerprint density at radius 2 is 2.03 bits per heavy atom. The summed E-state index contributed by atoms with van der Waals surface area (Å²) in [5.74, 6) is 0.189. The van der Waals surface area contributed by atoms with Crippen LogP contribution in [0.15, 0.2) is 24.9 Å². The molecule has 8 nitrogen and oxygen atoms in total. The van der Waals surface area contributed by atoms with E-state index in [1.807, 2.05) is 4.90 Å². The number of carbonyl (C=O) groups excluding carboxylic acids is 1. The third-order valence-corrected chi connectivity index (χ3v) is 6.60. The lowest BCUT2D eigenvalue weighted by atomic mass is 9.91. The van der Waals surface area contributed by atoms with Crippen molar-refractivity contribution >= 4 is 5.91 Å². The van der Waals surface area contributed by atoms with Gasteiger partial charge in [-0.2, -0.15) is 0 Å². The second-order valence-electron chi connectivity index (χ2n) is 8.55. The summed E-state index contributed by atoms with van der Waals surface area (Å²) in [5.41, 5.74) is 1.38. The molecule has 1 amide bonds. The molecule has 3 fully saturated rings. The van der Waals surface area contributed by atoms with Crippen LogP contribution >= 0.6 is 0 Å². The number of hydrogen-bond acceptors (Lipinski definition) is 6. The minimum atomic E-state index is -1.05. The molecule has 0 aliphatic carbocycles. The number of rotatable bonds is 5. The number of hydrogen-bond donors (Lipinski definition) is 0. The normalized spacial score (nSPS) is 26.2. The maximum Gasteiger partial charge on any atom is 0.227 e. The van der Waals surface area contributed by atoms with Crippen LogP contribution < -0.4 is 0 Å². The Morgan fingerprint density at radius 1 is 1.21 bits per heavy atom. The maximum absolute atomic E-state index is 14.7. The average molecular weight is 399 g/mol. The highest BCUT2D eigenvalue weighted by Crippen LogP contribution is 2.33. The van der Waals surface area contributed by atoms with Crippen LogP contribution in [0.4, 0.5) is 4.39 Å². The first-order valence-corrected chi connectivity index (χ1v) is 10.5. The lowest BCUT2D eigenvalue weighted by Gasteiger charge is -2.42. The molecule has 5 heterocycles. The molecule has 5 rings (SSSR count). The van der Waals surface area contributed by atoms with Gasteiger partial charge in [0.25, 0.3) is 0 Å². The zero-order valence-corrected chi connectivity index (χ0v) is 16.4. The van der Waals surface area contributed by atoms with E-state index in [9.17, 15) is 9.18 Å². The van der Waals surface area contributed by atoms with Crippen LogP contribution in [0.2, 0.25) is 0 Å². The van der Waals surface area contributed by atoms with E-state index < -0.39 is 6.17 Å². The van der Waals surface area contributed by atoms with Crippen LogP contribution in [-0.2, 0) is 11.3 Å². The molecule has 0 bridgehead atoms. The van der Waals surface area contributed by atoms with Gasteiger partial charge in [-0.15, -0.1) is 5.10 Å². The van der Waals surface area contributed by atoms with Crippen molar-refractivity contribution in [2.45, 2.75) is 44.4 Å². The van der Waals surface area contributed by atoms with Gasteiger partial charge in [-0.3, -0.25) is 9.69 Å². The summed E-state index contributed by atoms with van der Waals surface area (Å²) >= 11 is 0. The maximum atomic E-state index is 14.7. The highest BCUT2D eigenvalue weighted by Gasteiger charge is 2.43. The monoisotopic (exact) mass is 399 g/mol. The van der Waals surface area contributed by atoms with E-state index >= 15 is 0 Å². The van der Waals surface area contributed by atoms with Gasteiger partial charge in [-0.05, 0) is 25.8 Å². The fourth-order valence-electron chi connectivity index (χ4n) is 4.89. The largest absolute Gasteiger partial charge is 0.342 e. The van der Waals surface area contributed by atoms with Gasteiger partial charge < -0.3 is 4.90 Å². The number of piperidine rings is 1. The Hall–Kier alpha value is -2.42. The minimum absolute atomic E-state index is 0.100. The van der Waals surface area contributed by atoms with Crippen molar-refractivity contribution in [2.24, 2.45) is 11.8 Å². The smallest absolute Gasteiger partial charge is 0.227 e. The van der Waals surface area contributed by atoms with Crippen LogP contribution in [0.1, 0.15) is 25.7 Å². The van der Waals surface area contributed by atoms with Gasteiger partial charge in [-0.25, -0.2) is 19.0 Å². The highest BCUT2D eigenvalue weighted by molar-refractivity contribution is 5.80. The molecule has 0 aromatic carbocycles. The van der Waals surface area contributed by atoms with Gasteiger partial charge in [0.1, 0.15) is 18.2 Å². The standard InChI is InChI=1S/C20H26FN7O/c21-18(11-28-12-19(24-25-28)15-6-22-13-23-7-15)16-9-27(10-16)20(29)14-5-17-3-1-2-4-26(17)8-14/h6-7,12-14,16-18H,1-5,8-11H2. The van der Waals surface area contributed by atoms with Gasteiger partial charge in [0.2, 0.25) is 5.91 Å². The van der Waals surface area contributed by atoms with Gasteiger partial charge in [0.05, 0.1) is 18.7 Å². The molecule has 0 radical (unpaired) electrons. The number of aromatic nitrogens is 5. The second-order valence-corrected chi connectivity index (χ2v) is 8.55. The van der Waals surface area contributed by atoms with Crippen molar-refractivity contribution in [2.75, 3.05) is 26.2 Å². The van der Waals surface area contributed by atoms with Gasteiger partial charge in [0.15, 0.2) is 0 Å².